The summed E-state index contributed by atoms with van der Waals surface area (Å²) in [5.74, 6) is -2.56. The van der Waals surface area contributed by atoms with Crippen LogP contribution in [-0.4, -0.2) is 26.4 Å². The van der Waals surface area contributed by atoms with Gasteiger partial charge in [-0.2, -0.15) is 13.9 Å². The maximum Gasteiger partial charge on any atom is 0.291 e. The zero-order chi connectivity index (χ0) is 18.0. The second-order valence-electron chi connectivity index (χ2n) is 5.61. The predicted octanol–water partition coefficient (Wildman–Crippen LogP) is 4.31. The van der Waals surface area contributed by atoms with Gasteiger partial charge in [-0.05, 0) is 32.0 Å². The van der Waals surface area contributed by atoms with Gasteiger partial charge in [0.1, 0.15) is 5.76 Å². The molecule has 0 saturated carbocycles. The van der Waals surface area contributed by atoms with Gasteiger partial charge in [-0.25, -0.2) is 9.67 Å². The van der Waals surface area contributed by atoms with Gasteiger partial charge in [0.25, 0.3) is 11.7 Å². The number of nitrogens with zero attached hydrogens (tertiary/aromatic N) is 3. The first-order valence-electron chi connectivity index (χ1n) is 7.57. The van der Waals surface area contributed by atoms with Crippen molar-refractivity contribution in [1.82, 2.24) is 14.8 Å². The lowest BCUT2D eigenvalue weighted by atomic mass is 10.3. The van der Waals surface area contributed by atoms with E-state index in [-0.39, 0.29) is 17.6 Å². The highest BCUT2D eigenvalue weighted by molar-refractivity contribution is 7.98. The van der Waals surface area contributed by atoms with Gasteiger partial charge < -0.3 is 9.73 Å². The number of carbonyl (C=O) groups is 1. The summed E-state index contributed by atoms with van der Waals surface area (Å²) in [4.78, 5) is 16.5. The minimum Gasteiger partial charge on any atom is -0.455 e. The van der Waals surface area contributed by atoms with Crippen LogP contribution in [0.5, 0.6) is 0 Å². The SMILES string of the molecule is CC(C)n1ncc2cc(NC(=O)c3ccc(CSC(F)F)o3)cnc21. The van der Waals surface area contributed by atoms with E-state index in [4.69, 9.17) is 4.42 Å². The Morgan fingerprint density at radius 3 is 2.88 bits per heavy atom. The number of fused-ring (bicyclic) bond motifs is 1. The lowest BCUT2D eigenvalue weighted by Gasteiger charge is -2.07. The Morgan fingerprint density at radius 1 is 1.36 bits per heavy atom. The normalized spacial score (nSPS) is 11.6. The van der Waals surface area contributed by atoms with E-state index >= 15 is 0 Å². The number of halogens is 2. The second-order valence-corrected chi connectivity index (χ2v) is 6.59. The molecule has 0 aromatic carbocycles. The molecule has 0 radical (unpaired) electrons. The maximum absolute atomic E-state index is 12.2. The summed E-state index contributed by atoms with van der Waals surface area (Å²) in [6, 6.07) is 4.92. The van der Waals surface area contributed by atoms with Crippen LogP contribution in [0.1, 0.15) is 36.2 Å². The molecule has 3 heterocycles. The summed E-state index contributed by atoms with van der Waals surface area (Å²) in [6.07, 6.45) is 3.22. The largest absolute Gasteiger partial charge is 0.455 e. The fourth-order valence-electron chi connectivity index (χ4n) is 2.30. The zero-order valence-corrected chi connectivity index (χ0v) is 14.4. The number of nitrogens with one attached hydrogen (secondary N) is 1. The molecule has 0 atom stereocenters. The lowest BCUT2D eigenvalue weighted by molar-refractivity contribution is 0.0995. The Kier molecular flexibility index (Phi) is 5.03. The summed E-state index contributed by atoms with van der Waals surface area (Å²) >= 11 is 0.441. The summed E-state index contributed by atoms with van der Waals surface area (Å²) in [7, 11) is 0. The molecule has 0 fully saturated rings. The van der Waals surface area contributed by atoms with Crippen LogP contribution >= 0.6 is 11.8 Å². The van der Waals surface area contributed by atoms with Crippen LogP contribution < -0.4 is 5.32 Å². The van der Waals surface area contributed by atoms with Crippen molar-refractivity contribution in [2.75, 3.05) is 5.32 Å². The van der Waals surface area contributed by atoms with E-state index < -0.39 is 11.7 Å². The molecule has 0 unspecified atom stereocenters. The number of rotatable bonds is 6. The van der Waals surface area contributed by atoms with E-state index in [1.165, 1.54) is 18.3 Å². The number of carbonyl (C=O) groups excluding carboxylic acids is 1. The molecule has 3 aromatic rings. The Bertz CT molecular complexity index is 891. The molecule has 0 saturated heterocycles. The highest BCUT2D eigenvalue weighted by atomic mass is 32.2. The quantitative estimate of drug-likeness (QED) is 0.704. The van der Waals surface area contributed by atoms with Crippen LogP contribution in [0.2, 0.25) is 0 Å². The molecule has 1 N–H and O–H groups in total. The van der Waals surface area contributed by atoms with E-state index in [1.54, 1.807) is 16.9 Å². The van der Waals surface area contributed by atoms with Crippen molar-refractivity contribution >= 4 is 34.4 Å². The molecule has 0 bridgehead atoms. The van der Waals surface area contributed by atoms with Gasteiger partial charge in [-0.15, -0.1) is 0 Å². The molecule has 3 aromatic heterocycles. The zero-order valence-electron chi connectivity index (χ0n) is 13.6. The van der Waals surface area contributed by atoms with Gasteiger partial charge in [-0.3, -0.25) is 4.79 Å². The fraction of sp³-hybridized carbons (Fsp3) is 0.312. The number of pyridine rings is 1. The molecule has 132 valence electrons. The third kappa shape index (κ3) is 3.98. The lowest BCUT2D eigenvalue weighted by Crippen LogP contribution is -2.11. The Labute approximate surface area is 146 Å². The summed E-state index contributed by atoms with van der Waals surface area (Å²) in [5.41, 5.74) is 1.23. The molecule has 1 amide bonds. The van der Waals surface area contributed by atoms with Crippen molar-refractivity contribution in [3.05, 3.63) is 42.1 Å². The van der Waals surface area contributed by atoms with Crippen molar-refractivity contribution in [1.29, 1.82) is 0 Å². The Morgan fingerprint density at radius 2 is 2.16 bits per heavy atom. The molecular weight excluding hydrogens is 350 g/mol. The fourth-order valence-corrected chi connectivity index (χ4v) is 2.75. The van der Waals surface area contributed by atoms with E-state index in [1.807, 2.05) is 13.8 Å². The topological polar surface area (TPSA) is 73.0 Å². The number of furan rings is 1. The average Bonchev–Trinajstić information content (AvgIpc) is 3.19. The Hall–Kier alpha value is -2.42. The number of hydrogen-bond acceptors (Lipinski definition) is 5. The van der Waals surface area contributed by atoms with Gasteiger partial charge in [0, 0.05) is 11.4 Å². The van der Waals surface area contributed by atoms with Crippen molar-refractivity contribution in [3.8, 4) is 0 Å². The standard InChI is InChI=1S/C16H16F2N4O2S/c1-9(2)22-14-10(6-20-22)5-11(7-19-14)21-15(23)13-4-3-12(24-13)8-25-16(17)18/h3-7,9,16H,8H2,1-2H3,(H,21,23). The molecule has 0 aliphatic rings. The van der Waals surface area contributed by atoms with Gasteiger partial charge in [0.2, 0.25) is 0 Å². The molecule has 0 spiro atoms. The van der Waals surface area contributed by atoms with E-state index in [0.29, 0.717) is 23.2 Å². The molecule has 9 heteroatoms. The van der Waals surface area contributed by atoms with Gasteiger partial charge in [0.05, 0.1) is 23.8 Å². The number of anilines is 1. The van der Waals surface area contributed by atoms with Crippen LogP contribution in [0.25, 0.3) is 11.0 Å². The van der Waals surface area contributed by atoms with Crippen LogP contribution in [0, 0.1) is 0 Å². The third-order valence-corrected chi connectivity index (χ3v) is 4.12. The Balaban J connectivity index is 1.71. The van der Waals surface area contributed by atoms with Crippen LogP contribution in [0.15, 0.2) is 35.0 Å². The third-order valence-electron chi connectivity index (χ3n) is 3.42. The van der Waals surface area contributed by atoms with Gasteiger partial charge in [-0.1, -0.05) is 11.8 Å². The van der Waals surface area contributed by atoms with E-state index in [9.17, 15) is 13.6 Å². The molecule has 25 heavy (non-hydrogen) atoms. The van der Waals surface area contributed by atoms with Crippen LogP contribution in [0.3, 0.4) is 0 Å². The van der Waals surface area contributed by atoms with Crippen LogP contribution in [0.4, 0.5) is 14.5 Å². The van der Waals surface area contributed by atoms with E-state index in [2.05, 4.69) is 15.4 Å². The minimum atomic E-state index is -2.48. The number of amides is 1. The summed E-state index contributed by atoms with van der Waals surface area (Å²) < 4.78 is 31.4. The molecule has 3 rings (SSSR count). The van der Waals surface area contributed by atoms with Crippen molar-refractivity contribution in [2.24, 2.45) is 0 Å². The molecule has 0 aliphatic carbocycles. The highest BCUT2D eigenvalue weighted by Crippen LogP contribution is 2.22. The first-order valence-corrected chi connectivity index (χ1v) is 8.62. The minimum absolute atomic E-state index is 0.00679. The monoisotopic (exact) mass is 366 g/mol. The first-order chi connectivity index (χ1) is 11.9. The van der Waals surface area contributed by atoms with Gasteiger partial charge in [0.15, 0.2) is 11.4 Å². The number of thioether (sulfide) groups is 1. The number of alkyl halides is 2. The van der Waals surface area contributed by atoms with Crippen molar-refractivity contribution < 1.29 is 18.0 Å². The predicted molar refractivity (Wildman–Crippen MR) is 91.9 cm³/mol. The smallest absolute Gasteiger partial charge is 0.291 e. The number of hydrogen-bond donors (Lipinski definition) is 1. The highest BCUT2D eigenvalue weighted by Gasteiger charge is 2.14. The summed E-state index contributed by atoms with van der Waals surface area (Å²) in [6.45, 7) is 4.01. The molecular formula is C16H16F2N4O2S. The van der Waals surface area contributed by atoms with Crippen molar-refractivity contribution in [3.63, 3.8) is 0 Å². The second kappa shape index (κ2) is 7.22. The van der Waals surface area contributed by atoms with Gasteiger partial charge >= 0.3 is 0 Å². The summed E-state index contributed by atoms with van der Waals surface area (Å²) in [5, 5.41) is 7.76. The van der Waals surface area contributed by atoms with Crippen molar-refractivity contribution in [2.45, 2.75) is 31.4 Å². The van der Waals surface area contributed by atoms with E-state index in [0.717, 1.165) is 11.0 Å². The average molecular weight is 366 g/mol. The number of aromatic nitrogens is 3. The maximum atomic E-state index is 12.2. The molecule has 6 nitrogen and oxygen atoms in total. The van der Waals surface area contributed by atoms with Crippen LogP contribution in [-0.2, 0) is 5.75 Å². The first kappa shape index (κ1) is 17.4. The molecule has 0 aliphatic heterocycles.